The lowest BCUT2D eigenvalue weighted by Gasteiger charge is -2.36. The van der Waals surface area contributed by atoms with Crippen molar-refractivity contribution in [3.8, 4) is 0 Å². The second-order valence-electron chi connectivity index (χ2n) is 8.53. The number of hydrogen-bond acceptors (Lipinski definition) is 4. The second kappa shape index (κ2) is 12.4. The molecule has 0 aromatic heterocycles. The van der Waals surface area contributed by atoms with Gasteiger partial charge < -0.3 is 24.4 Å². The summed E-state index contributed by atoms with van der Waals surface area (Å²) in [5.41, 5.74) is 0.0998. The highest BCUT2D eigenvalue weighted by Gasteiger charge is 2.27. The van der Waals surface area contributed by atoms with Crippen molar-refractivity contribution in [1.82, 2.24) is 10.2 Å². The van der Waals surface area contributed by atoms with Gasteiger partial charge >= 0.3 is 0 Å². The summed E-state index contributed by atoms with van der Waals surface area (Å²) in [6.45, 7) is 11.0. The lowest BCUT2D eigenvalue weighted by molar-refractivity contribution is -0.0721. The highest BCUT2D eigenvalue weighted by molar-refractivity contribution is 14.0. The second-order valence-corrected chi connectivity index (χ2v) is 8.53. The van der Waals surface area contributed by atoms with Gasteiger partial charge in [0.15, 0.2) is 5.96 Å². The number of nitrogens with zero attached hydrogens (tertiary/aromatic N) is 2. The van der Waals surface area contributed by atoms with Gasteiger partial charge in [-0.1, -0.05) is 20.8 Å². The summed E-state index contributed by atoms with van der Waals surface area (Å²) in [7, 11) is 3.63. The van der Waals surface area contributed by atoms with E-state index in [0.29, 0.717) is 12.2 Å². The zero-order valence-corrected chi connectivity index (χ0v) is 20.2. The number of rotatable bonds is 6. The summed E-state index contributed by atoms with van der Waals surface area (Å²) in [5, 5.41) is 3.49. The first kappa shape index (κ1) is 24.9. The molecule has 160 valence electrons. The molecular weight excluding hydrogens is 457 g/mol. The Kier molecular flexibility index (Phi) is 11.5. The molecule has 1 N–H and O–H groups in total. The number of hydrogen-bond donors (Lipinski definition) is 1. The SMILES string of the molecule is CN=C(NCC(OC)C(C)(C)C)N1CCC(OCC2CCCCO2)CC1.I. The van der Waals surface area contributed by atoms with E-state index in [4.69, 9.17) is 14.2 Å². The summed E-state index contributed by atoms with van der Waals surface area (Å²) in [4.78, 5) is 6.79. The predicted octanol–water partition coefficient (Wildman–Crippen LogP) is 3.29. The van der Waals surface area contributed by atoms with Gasteiger partial charge in [-0.05, 0) is 37.5 Å². The zero-order valence-electron chi connectivity index (χ0n) is 17.8. The van der Waals surface area contributed by atoms with Crippen molar-refractivity contribution in [2.24, 2.45) is 10.4 Å². The number of nitrogens with one attached hydrogen (secondary N) is 1. The fraction of sp³-hybridized carbons (Fsp3) is 0.950. The molecular formula is C20H40IN3O3. The Balaban J connectivity index is 0.00000364. The molecule has 2 aliphatic heterocycles. The summed E-state index contributed by atoms with van der Waals surface area (Å²) < 4.78 is 17.5. The molecule has 7 heteroatoms. The van der Waals surface area contributed by atoms with Gasteiger partial charge in [-0.25, -0.2) is 0 Å². The fourth-order valence-corrected chi connectivity index (χ4v) is 3.68. The van der Waals surface area contributed by atoms with Crippen LogP contribution in [0.3, 0.4) is 0 Å². The molecule has 2 unspecified atom stereocenters. The van der Waals surface area contributed by atoms with E-state index in [1.165, 1.54) is 12.8 Å². The molecule has 0 bridgehead atoms. The summed E-state index contributed by atoms with van der Waals surface area (Å²) in [6.07, 6.45) is 6.49. The van der Waals surface area contributed by atoms with E-state index in [0.717, 1.165) is 58.1 Å². The maximum Gasteiger partial charge on any atom is 0.193 e. The minimum Gasteiger partial charge on any atom is -0.379 e. The maximum atomic E-state index is 6.11. The summed E-state index contributed by atoms with van der Waals surface area (Å²) in [5.74, 6) is 0.963. The van der Waals surface area contributed by atoms with Crippen LogP contribution in [-0.2, 0) is 14.2 Å². The standard InChI is InChI=1S/C20H39N3O3.HI/c1-20(2,3)18(24-5)14-22-19(21-4)23-11-9-16(10-12-23)26-15-17-8-6-7-13-25-17;/h16-18H,6-15H2,1-5H3,(H,21,22);1H. The molecule has 0 aliphatic carbocycles. The number of halogens is 1. The largest absolute Gasteiger partial charge is 0.379 e. The maximum absolute atomic E-state index is 6.11. The molecule has 2 atom stereocenters. The van der Waals surface area contributed by atoms with Gasteiger partial charge in [0.05, 0.1) is 24.9 Å². The van der Waals surface area contributed by atoms with Gasteiger partial charge in [0, 0.05) is 40.4 Å². The highest BCUT2D eigenvalue weighted by atomic mass is 127. The molecule has 2 heterocycles. The van der Waals surface area contributed by atoms with Gasteiger partial charge in [0.25, 0.3) is 0 Å². The van der Waals surface area contributed by atoms with Crippen molar-refractivity contribution < 1.29 is 14.2 Å². The third-order valence-electron chi connectivity index (χ3n) is 5.44. The Bertz CT molecular complexity index is 429. The quantitative estimate of drug-likeness (QED) is 0.347. The van der Waals surface area contributed by atoms with Crippen LogP contribution in [0.5, 0.6) is 0 Å². The van der Waals surface area contributed by atoms with Crippen LogP contribution in [0.25, 0.3) is 0 Å². The van der Waals surface area contributed by atoms with Gasteiger partial charge in [-0.3, -0.25) is 4.99 Å². The lowest BCUT2D eigenvalue weighted by atomic mass is 9.89. The number of ether oxygens (including phenoxy) is 3. The van der Waals surface area contributed by atoms with Crippen molar-refractivity contribution in [2.45, 2.75) is 71.2 Å². The summed E-state index contributed by atoms with van der Waals surface area (Å²) in [6, 6.07) is 0. The minimum atomic E-state index is 0. The van der Waals surface area contributed by atoms with Gasteiger partial charge in [-0.15, -0.1) is 24.0 Å². The Labute approximate surface area is 182 Å². The van der Waals surface area contributed by atoms with Crippen LogP contribution in [0.15, 0.2) is 4.99 Å². The number of aliphatic imine (C=N–C) groups is 1. The van der Waals surface area contributed by atoms with Crippen LogP contribution in [0.1, 0.15) is 52.9 Å². The van der Waals surface area contributed by atoms with Crippen LogP contribution in [0.2, 0.25) is 0 Å². The Morgan fingerprint density at radius 2 is 1.93 bits per heavy atom. The molecule has 0 saturated carbocycles. The van der Waals surface area contributed by atoms with E-state index in [1.54, 1.807) is 7.11 Å². The molecule has 6 nitrogen and oxygen atoms in total. The monoisotopic (exact) mass is 497 g/mol. The molecule has 0 aromatic carbocycles. The third-order valence-corrected chi connectivity index (χ3v) is 5.44. The normalized spacial score (nSPS) is 23.7. The topological polar surface area (TPSA) is 55.3 Å². The lowest BCUT2D eigenvalue weighted by Crippen LogP contribution is -2.50. The van der Waals surface area contributed by atoms with E-state index >= 15 is 0 Å². The number of guanidine groups is 1. The molecule has 2 fully saturated rings. The molecule has 2 rings (SSSR count). The van der Waals surface area contributed by atoms with E-state index in [9.17, 15) is 0 Å². The Hall–Kier alpha value is -0.120. The Morgan fingerprint density at radius 3 is 2.44 bits per heavy atom. The third kappa shape index (κ3) is 8.41. The van der Waals surface area contributed by atoms with Crippen LogP contribution in [0, 0.1) is 5.41 Å². The average molecular weight is 497 g/mol. The van der Waals surface area contributed by atoms with Crippen LogP contribution in [-0.4, -0.2) is 76.2 Å². The van der Waals surface area contributed by atoms with Crippen LogP contribution < -0.4 is 5.32 Å². The molecule has 2 saturated heterocycles. The first-order chi connectivity index (χ1) is 12.4. The Morgan fingerprint density at radius 1 is 1.22 bits per heavy atom. The molecule has 0 amide bonds. The zero-order chi connectivity index (χ0) is 19.0. The smallest absolute Gasteiger partial charge is 0.193 e. The van der Waals surface area contributed by atoms with Gasteiger partial charge in [0.2, 0.25) is 0 Å². The minimum absolute atomic E-state index is 0. The average Bonchev–Trinajstić information content (AvgIpc) is 2.64. The van der Waals surface area contributed by atoms with Crippen molar-refractivity contribution in [3.63, 3.8) is 0 Å². The molecule has 0 aromatic rings. The van der Waals surface area contributed by atoms with E-state index in [1.807, 2.05) is 7.05 Å². The summed E-state index contributed by atoms with van der Waals surface area (Å²) >= 11 is 0. The highest BCUT2D eigenvalue weighted by Crippen LogP contribution is 2.21. The van der Waals surface area contributed by atoms with Crippen LogP contribution in [0.4, 0.5) is 0 Å². The van der Waals surface area contributed by atoms with E-state index < -0.39 is 0 Å². The number of methoxy groups -OCH3 is 1. The molecule has 0 radical (unpaired) electrons. The number of piperidine rings is 1. The van der Waals surface area contributed by atoms with Gasteiger partial charge in [0.1, 0.15) is 0 Å². The van der Waals surface area contributed by atoms with Crippen molar-refractivity contribution in [1.29, 1.82) is 0 Å². The first-order valence-corrected chi connectivity index (χ1v) is 10.2. The van der Waals surface area contributed by atoms with Crippen molar-refractivity contribution in [3.05, 3.63) is 0 Å². The molecule has 27 heavy (non-hydrogen) atoms. The fourth-order valence-electron chi connectivity index (χ4n) is 3.68. The first-order valence-electron chi connectivity index (χ1n) is 10.2. The van der Waals surface area contributed by atoms with E-state index in [2.05, 4.69) is 36.0 Å². The van der Waals surface area contributed by atoms with E-state index in [-0.39, 0.29) is 35.5 Å². The molecule has 2 aliphatic rings. The van der Waals surface area contributed by atoms with Crippen molar-refractivity contribution >= 4 is 29.9 Å². The van der Waals surface area contributed by atoms with Crippen LogP contribution >= 0.6 is 24.0 Å². The number of likely N-dealkylation sites (tertiary alicyclic amines) is 1. The van der Waals surface area contributed by atoms with Crippen molar-refractivity contribution in [2.75, 3.05) is 47.0 Å². The van der Waals surface area contributed by atoms with Gasteiger partial charge in [-0.2, -0.15) is 0 Å². The molecule has 0 spiro atoms. The predicted molar refractivity (Wildman–Crippen MR) is 121 cm³/mol.